The van der Waals surface area contributed by atoms with Gasteiger partial charge in [-0.25, -0.2) is 0 Å². The lowest BCUT2D eigenvalue weighted by Gasteiger charge is -2.17. The molecule has 4 nitrogen and oxygen atoms in total. The van der Waals surface area contributed by atoms with Crippen molar-refractivity contribution in [2.24, 2.45) is 5.92 Å². The minimum absolute atomic E-state index is 0.325. The second-order valence-corrected chi connectivity index (χ2v) is 7.97. The molecular weight excluding hydrogens is 326 g/mol. The first-order valence-corrected chi connectivity index (χ1v) is 11.0. The fraction of sp³-hybridized carbons (Fsp3) is 0.955. The first-order valence-electron chi connectivity index (χ1n) is 11.0. The Morgan fingerprint density at radius 3 is 1.62 bits per heavy atom. The van der Waals surface area contributed by atoms with Crippen LogP contribution in [-0.4, -0.2) is 49.8 Å². The van der Waals surface area contributed by atoms with Crippen molar-refractivity contribution in [1.29, 1.82) is 0 Å². The van der Waals surface area contributed by atoms with Crippen LogP contribution in [0.3, 0.4) is 0 Å². The van der Waals surface area contributed by atoms with Crippen LogP contribution >= 0.6 is 0 Å². The predicted molar refractivity (Wildman–Crippen MR) is 111 cm³/mol. The number of carbonyl (C=O) groups is 1. The van der Waals surface area contributed by atoms with Gasteiger partial charge in [-0.1, -0.05) is 90.4 Å². The molecule has 1 atom stereocenters. The number of hydrogen-bond acceptors (Lipinski definition) is 3. The lowest BCUT2D eigenvalue weighted by molar-refractivity contribution is -0.144. The van der Waals surface area contributed by atoms with Gasteiger partial charge in [-0.05, 0) is 20.5 Å². The van der Waals surface area contributed by atoms with Gasteiger partial charge in [-0.2, -0.15) is 0 Å². The summed E-state index contributed by atoms with van der Waals surface area (Å²) in [6.07, 6.45) is 18.9. The van der Waals surface area contributed by atoms with Crippen molar-refractivity contribution >= 4 is 5.97 Å². The van der Waals surface area contributed by atoms with Crippen LogP contribution in [0.15, 0.2) is 0 Å². The number of carboxylic acids is 1. The van der Waals surface area contributed by atoms with Crippen LogP contribution in [0.25, 0.3) is 0 Å². The molecule has 26 heavy (non-hydrogen) atoms. The van der Waals surface area contributed by atoms with Crippen molar-refractivity contribution in [3.8, 4) is 0 Å². The van der Waals surface area contributed by atoms with E-state index in [-0.39, 0.29) is 0 Å². The van der Waals surface area contributed by atoms with Crippen molar-refractivity contribution in [2.45, 2.75) is 96.8 Å². The van der Waals surface area contributed by atoms with E-state index in [4.69, 9.17) is 9.84 Å². The molecule has 0 aliphatic carbocycles. The van der Waals surface area contributed by atoms with Crippen molar-refractivity contribution in [2.75, 3.05) is 33.9 Å². The molecule has 156 valence electrons. The van der Waals surface area contributed by atoms with Gasteiger partial charge in [-0.15, -0.1) is 0 Å². The molecule has 0 radical (unpaired) electrons. The summed E-state index contributed by atoms with van der Waals surface area (Å²) in [5, 5.41) is 9.14. The molecule has 0 aliphatic rings. The molecule has 0 aromatic rings. The molecule has 0 aromatic carbocycles. The van der Waals surface area contributed by atoms with Crippen LogP contribution in [0.1, 0.15) is 96.8 Å². The number of carboxylic acid groups (broad SMARTS) is 1. The average Bonchev–Trinajstić information content (AvgIpc) is 2.59. The van der Waals surface area contributed by atoms with E-state index < -0.39 is 11.9 Å². The summed E-state index contributed by atoms with van der Waals surface area (Å²) in [6, 6.07) is 0. The van der Waals surface area contributed by atoms with Crippen molar-refractivity contribution < 1.29 is 14.6 Å². The molecule has 0 rings (SSSR count). The van der Waals surface area contributed by atoms with Gasteiger partial charge in [0.2, 0.25) is 0 Å². The molecule has 0 spiro atoms. The normalized spacial score (nSPS) is 12.6. The van der Waals surface area contributed by atoms with E-state index in [9.17, 15) is 4.79 Å². The zero-order valence-corrected chi connectivity index (χ0v) is 17.8. The predicted octanol–water partition coefficient (Wildman–Crippen LogP) is 5.75. The Balaban J connectivity index is 3.25. The standard InChI is InChI=1S/C22H45NO3/c1-4-5-6-7-8-9-10-11-12-13-14-15-16-17-18-26-20-21(22(24)25)19-23(2)3/h21H,4-20H2,1-3H3,(H,24,25). The van der Waals surface area contributed by atoms with E-state index in [2.05, 4.69) is 6.92 Å². The van der Waals surface area contributed by atoms with Crippen LogP contribution < -0.4 is 0 Å². The van der Waals surface area contributed by atoms with Gasteiger partial charge in [0.05, 0.1) is 12.5 Å². The SMILES string of the molecule is CCCCCCCCCCCCCCCCOCC(CN(C)C)C(=O)O. The summed E-state index contributed by atoms with van der Waals surface area (Å²) in [6.45, 7) is 3.82. The molecule has 0 fully saturated rings. The Bertz CT molecular complexity index is 308. The van der Waals surface area contributed by atoms with Gasteiger partial charge in [0.1, 0.15) is 0 Å². The maximum absolute atomic E-state index is 11.1. The van der Waals surface area contributed by atoms with Crippen molar-refractivity contribution in [3.05, 3.63) is 0 Å². The van der Waals surface area contributed by atoms with Crippen LogP contribution in [0, 0.1) is 5.92 Å². The van der Waals surface area contributed by atoms with E-state index in [0.29, 0.717) is 19.8 Å². The summed E-state index contributed by atoms with van der Waals surface area (Å²) < 4.78 is 5.56. The Hall–Kier alpha value is -0.610. The zero-order valence-electron chi connectivity index (χ0n) is 17.8. The van der Waals surface area contributed by atoms with E-state index in [1.807, 2.05) is 19.0 Å². The molecule has 1 N–H and O–H groups in total. The van der Waals surface area contributed by atoms with Crippen LogP contribution in [0.4, 0.5) is 0 Å². The smallest absolute Gasteiger partial charge is 0.310 e. The molecule has 0 saturated heterocycles. The third-order valence-electron chi connectivity index (χ3n) is 4.90. The van der Waals surface area contributed by atoms with Gasteiger partial charge in [0, 0.05) is 13.2 Å². The summed E-state index contributed by atoms with van der Waals surface area (Å²) in [4.78, 5) is 13.0. The summed E-state index contributed by atoms with van der Waals surface area (Å²) in [5.74, 6) is -1.18. The van der Waals surface area contributed by atoms with E-state index in [1.165, 1.54) is 83.5 Å². The molecule has 0 aliphatic heterocycles. The summed E-state index contributed by atoms with van der Waals surface area (Å²) in [7, 11) is 3.78. The minimum atomic E-state index is -0.764. The molecule has 4 heteroatoms. The third-order valence-corrected chi connectivity index (χ3v) is 4.90. The van der Waals surface area contributed by atoms with Crippen LogP contribution in [0.5, 0.6) is 0 Å². The number of hydrogen-bond donors (Lipinski definition) is 1. The number of rotatable bonds is 20. The average molecular weight is 372 g/mol. The highest BCUT2D eigenvalue weighted by Crippen LogP contribution is 2.13. The monoisotopic (exact) mass is 371 g/mol. The number of nitrogens with zero attached hydrogens (tertiary/aromatic N) is 1. The first-order chi connectivity index (χ1) is 12.6. The van der Waals surface area contributed by atoms with Gasteiger partial charge < -0.3 is 14.7 Å². The Kier molecular flexibility index (Phi) is 18.7. The molecule has 0 aromatic heterocycles. The largest absolute Gasteiger partial charge is 0.481 e. The Labute approximate surface area is 162 Å². The maximum Gasteiger partial charge on any atom is 0.310 e. The van der Waals surface area contributed by atoms with E-state index in [1.54, 1.807) is 0 Å². The van der Waals surface area contributed by atoms with Crippen LogP contribution in [0.2, 0.25) is 0 Å². The van der Waals surface area contributed by atoms with Gasteiger partial charge in [0.25, 0.3) is 0 Å². The lowest BCUT2D eigenvalue weighted by Crippen LogP contribution is -2.31. The molecule has 0 saturated carbocycles. The van der Waals surface area contributed by atoms with Crippen molar-refractivity contribution in [1.82, 2.24) is 4.90 Å². The second-order valence-electron chi connectivity index (χ2n) is 7.97. The Morgan fingerprint density at radius 1 is 0.808 bits per heavy atom. The highest BCUT2D eigenvalue weighted by Gasteiger charge is 2.18. The quantitative estimate of drug-likeness (QED) is 0.277. The maximum atomic E-state index is 11.1. The van der Waals surface area contributed by atoms with Crippen LogP contribution in [-0.2, 0) is 9.53 Å². The number of aliphatic carboxylic acids is 1. The molecule has 0 amide bonds. The number of ether oxygens (including phenoxy) is 1. The fourth-order valence-electron chi connectivity index (χ4n) is 3.27. The van der Waals surface area contributed by atoms with E-state index in [0.717, 1.165) is 6.42 Å². The molecule has 0 heterocycles. The third kappa shape index (κ3) is 18.2. The van der Waals surface area contributed by atoms with Gasteiger partial charge >= 0.3 is 5.97 Å². The number of unbranched alkanes of at least 4 members (excludes halogenated alkanes) is 13. The molecule has 0 bridgehead atoms. The zero-order chi connectivity index (χ0) is 19.5. The summed E-state index contributed by atoms with van der Waals surface area (Å²) >= 11 is 0. The highest BCUT2D eigenvalue weighted by molar-refractivity contribution is 5.70. The minimum Gasteiger partial charge on any atom is -0.481 e. The lowest BCUT2D eigenvalue weighted by atomic mass is 10.0. The van der Waals surface area contributed by atoms with E-state index >= 15 is 0 Å². The molecule has 1 unspecified atom stereocenters. The Morgan fingerprint density at radius 2 is 1.23 bits per heavy atom. The summed E-state index contributed by atoms with van der Waals surface area (Å²) in [5.41, 5.74) is 0. The van der Waals surface area contributed by atoms with Gasteiger partial charge in [0.15, 0.2) is 0 Å². The van der Waals surface area contributed by atoms with Crippen molar-refractivity contribution in [3.63, 3.8) is 0 Å². The highest BCUT2D eigenvalue weighted by atomic mass is 16.5. The first kappa shape index (κ1) is 25.4. The topological polar surface area (TPSA) is 49.8 Å². The van der Waals surface area contributed by atoms with Gasteiger partial charge in [-0.3, -0.25) is 4.79 Å². The second kappa shape index (κ2) is 19.2. The molecular formula is C22H45NO3. The fourth-order valence-corrected chi connectivity index (χ4v) is 3.27.